The summed E-state index contributed by atoms with van der Waals surface area (Å²) in [6, 6.07) is 3.66. The van der Waals surface area contributed by atoms with Gasteiger partial charge in [-0.05, 0) is 12.1 Å². The summed E-state index contributed by atoms with van der Waals surface area (Å²) in [5.74, 6) is 0.493. The molecule has 2 aromatic heterocycles. The molecule has 7 nitrogen and oxygen atoms in total. The molecule has 17 heavy (non-hydrogen) atoms. The minimum atomic E-state index is 0.493. The third kappa shape index (κ3) is 2.09. The van der Waals surface area contributed by atoms with Crippen molar-refractivity contribution in [2.24, 2.45) is 4.99 Å². The van der Waals surface area contributed by atoms with Crippen molar-refractivity contribution >= 4 is 17.9 Å². The molecule has 0 saturated carbocycles. The fourth-order valence-electron chi connectivity index (χ4n) is 1.64. The van der Waals surface area contributed by atoms with Crippen LogP contribution in [0.5, 0.6) is 0 Å². The Kier molecular flexibility index (Phi) is 2.66. The highest BCUT2D eigenvalue weighted by Crippen LogP contribution is 2.08. The molecule has 0 atom stereocenters. The molecule has 1 aliphatic rings. The standard InChI is InChI=1S/C10H12N6O/c1-2-9-13-14-10(16(9)12-3-1)11-8-15-4-6-17-7-5-15/h1-3,8H,4-7H2. The van der Waals surface area contributed by atoms with Crippen LogP contribution in [-0.4, -0.2) is 57.4 Å². The van der Waals surface area contributed by atoms with Gasteiger partial charge in [0.25, 0.3) is 5.95 Å². The zero-order valence-corrected chi connectivity index (χ0v) is 9.23. The monoisotopic (exact) mass is 232 g/mol. The number of morpholine rings is 1. The Bertz CT molecular complexity index is 530. The van der Waals surface area contributed by atoms with Gasteiger partial charge in [-0.25, -0.2) is 4.99 Å². The van der Waals surface area contributed by atoms with Gasteiger partial charge in [0.1, 0.15) is 0 Å². The van der Waals surface area contributed by atoms with E-state index in [1.54, 1.807) is 17.1 Å². The maximum Gasteiger partial charge on any atom is 0.273 e. The topological polar surface area (TPSA) is 67.9 Å². The van der Waals surface area contributed by atoms with Gasteiger partial charge in [-0.15, -0.1) is 10.2 Å². The summed E-state index contributed by atoms with van der Waals surface area (Å²) in [4.78, 5) is 6.38. The van der Waals surface area contributed by atoms with Crippen molar-refractivity contribution in [1.29, 1.82) is 0 Å². The first kappa shape index (κ1) is 10.2. The Morgan fingerprint density at radius 2 is 2.18 bits per heavy atom. The third-order valence-electron chi connectivity index (χ3n) is 2.54. The summed E-state index contributed by atoms with van der Waals surface area (Å²) in [5.41, 5.74) is 0.696. The first-order valence-electron chi connectivity index (χ1n) is 5.46. The molecule has 0 bridgehead atoms. The molecular weight excluding hydrogens is 220 g/mol. The Morgan fingerprint density at radius 1 is 1.29 bits per heavy atom. The van der Waals surface area contributed by atoms with E-state index in [0.29, 0.717) is 11.6 Å². The van der Waals surface area contributed by atoms with E-state index in [1.807, 2.05) is 12.1 Å². The van der Waals surface area contributed by atoms with Crippen LogP contribution in [0.2, 0.25) is 0 Å². The van der Waals surface area contributed by atoms with Crippen molar-refractivity contribution in [3.8, 4) is 0 Å². The molecule has 7 heteroatoms. The molecule has 1 fully saturated rings. The summed E-state index contributed by atoms with van der Waals surface area (Å²) in [5, 5.41) is 12.1. The number of hydrogen-bond donors (Lipinski definition) is 0. The number of aromatic nitrogens is 4. The molecule has 1 aliphatic heterocycles. The fourth-order valence-corrected chi connectivity index (χ4v) is 1.64. The lowest BCUT2D eigenvalue weighted by atomic mass is 10.5. The van der Waals surface area contributed by atoms with Crippen molar-refractivity contribution in [3.05, 3.63) is 18.3 Å². The minimum absolute atomic E-state index is 0.493. The first-order valence-corrected chi connectivity index (χ1v) is 5.46. The van der Waals surface area contributed by atoms with E-state index in [0.717, 1.165) is 26.3 Å². The number of nitrogens with zero attached hydrogens (tertiary/aromatic N) is 6. The van der Waals surface area contributed by atoms with Crippen molar-refractivity contribution in [3.63, 3.8) is 0 Å². The quantitative estimate of drug-likeness (QED) is 0.543. The van der Waals surface area contributed by atoms with E-state index in [1.165, 1.54) is 0 Å². The molecule has 3 rings (SSSR count). The van der Waals surface area contributed by atoms with Gasteiger partial charge in [0, 0.05) is 19.3 Å². The first-order chi connectivity index (χ1) is 8.43. The van der Waals surface area contributed by atoms with E-state index in [-0.39, 0.29) is 0 Å². The van der Waals surface area contributed by atoms with E-state index >= 15 is 0 Å². The van der Waals surface area contributed by atoms with Crippen molar-refractivity contribution in [2.75, 3.05) is 26.3 Å². The molecule has 0 aromatic carbocycles. The second-order valence-electron chi connectivity index (χ2n) is 3.69. The minimum Gasteiger partial charge on any atom is -0.378 e. The second kappa shape index (κ2) is 4.46. The average molecular weight is 232 g/mol. The maximum absolute atomic E-state index is 5.26. The van der Waals surface area contributed by atoms with Crippen LogP contribution in [0, 0.1) is 0 Å². The van der Waals surface area contributed by atoms with Gasteiger partial charge in [-0.2, -0.15) is 9.61 Å². The van der Waals surface area contributed by atoms with Crippen LogP contribution < -0.4 is 0 Å². The highest BCUT2D eigenvalue weighted by molar-refractivity contribution is 5.59. The van der Waals surface area contributed by atoms with Crippen LogP contribution in [0.15, 0.2) is 23.3 Å². The van der Waals surface area contributed by atoms with Gasteiger partial charge in [0.05, 0.1) is 19.6 Å². The Balaban J connectivity index is 1.82. The summed E-state index contributed by atoms with van der Waals surface area (Å²) in [7, 11) is 0. The van der Waals surface area contributed by atoms with E-state index in [4.69, 9.17) is 4.74 Å². The highest BCUT2D eigenvalue weighted by Gasteiger charge is 2.07. The van der Waals surface area contributed by atoms with Crippen molar-refractivity contribution in [1.82, 2.24) is 24.7 Å². The number of ether oxygens (including phenoxy) is 1. The van der Waals surface area contributed by atoms with E-state index < -0.39 is 0 Å². The number of rotatable bonds is 2. The summed E-state index contributed by atoms with van der Waals surface area (Å²) >= 11 is 0. The molecular formula is C10H12N6O. The average Bonchev–Trinajstić information content (AvgIpc) is 2.81. The molecule has 3 heterocycles. The molecule has 0 N–H and O–H groups in total. The van der Waals surface area contributed by atoms with Gasteiger partial charge in [-0.3, -0.25) is 0 Å². The molecule has 88 valence electrons. The smallest absolute Gasteiger partial charge is 0.273 e. The molecule has 1 saturated heterocycles. The van der Waals surface area contributed by atoms with Gasteiger partial charge in [0.15, 0.2) is 5.65 Å². The Morgan fingerprint density at radius 3 is 3.06 bits per heavy atom. The van der Waals surface area contributed by atoms with Crippen LogP contribution >= 0.6 is 0 Å². The summed E-state index contributed by atoms with van der Waals surface area (Å²) in [6.45, 7) is 3.19. The van der Waals surface area contributed by atoms with Gasteiger partial charge in [0.2, 0.25) is 0 Å². The number of aliphatic imine (C=N–C) groups is 1. The lowest BCUT2D eigenvalue weighted by Gasteiger charge is -2.23. The van der Waals surface area contributed by atoms with Crippen LogP contribution in [0.1, 0.15) is 0 Å². The van der Waals surface area contributed by atoms with Crippen LogP contribution in [-0.2, 0) is 4.74 Å². The molecule has 0 aliphatic carbocycles. The molecule has 0 spiro atoms. The predicted octanol–water partition coefficient (Wildman–Crippen LogP) is 0.116. The zero-order chi connectivity index (χ0) is 11.5. The molecule has 0 radical (unpaired) electrons. The van der Waals surface area contributed by atoms with Crippen LogP contribution in [0.25, 0.3) is 5.65 Å². The van der Waals surface area contributed by atoms with Crippen molar-refractivity contribution < 1.29 is 4.74 Å². The lowest BCUT2D eigenvalue weighted by Crippen LogP contribution is -2.35. The zero-order valence-electron chi connectivity index (χ0n) is 9.23. The normalized spacial score (nSPS) is 17.1. The Labute approximate surface area is 97.7 Å². The molecule has 0 amide bonds. The molecule has 0 unspecified atom stereocenters. The van der Waals surface area contributed by atoms with Gasteiger partial charge >= 0.3 is 0 Å². The Hall–Kier alpha value is -2.02. The highest BCUT2D eigenvalue weighted by atomic mass is 16.5. The fraction of sp³-hybridized carbons (Fsp3) is 0.400. The second-order valence-corrected chi connectivity index (χ2v) is 3.69. The lowest BCUT2D eigenvalue weighted by molar-refractivity contribution is 0.0701. The van der Waals surface area contributed by atoms with E-state index in [9.17, 15) is 0 Å². The van der Waals surface area contributed by atoms with Gasteiger partial charge < -0.3 is 9.64 Å². The largest absolute Gasteiger partial charge is 0.378 e. The summed E-state index contributed by atoms with van der Waals surface area (Å²) in [6.07, 6.45) is 3.46. The van der Waals surface area contributed by atoms with E-state index in [2.05, 4.69) is 25.2 Å². The number of hydrogen-bond acceptors (Lipinski definition) is 5. The summed E-state index contributed by atoms with van der Waals surface area (Å²) < 4.78 is 6.87. The van der Waals surface area contributed by atoms with Crippen molar-refractivity contribution in [2.45, 2.75) is 0 Å². The van der Waals surface area contributed by atoms with Gasteiger partial charge in [-0.1, -0.05) is 0 Å². The number of fused-ring (bicyclic) bond motifs is 1. The maximum atomic E-state index is 5.26. The van der Waals surface area contributed by atoms with Crippen LogP contribution in [0.4, 0.5) is 5.95 Å². The van der Waals surface area contributed by atoms with Crippen LogP contribution in [0.3, 0.4) is 0 Å². The molecule has 2 aromatic rings. The predicted molar refractivity (Wildman–Crippen MR) is 61.3 cm³/mol. The third-order valence-corrected chi connectivity index (χ3v) is 2.54. The SMILES string of the molecule is C(=Nc1nnc2cccnn12)N1CCOCC1.